The molecular formula is C49H61FeP-6. The van der Waals surface area contributed by atoms with Crippen molar-refractivity contribution in [2.24, 2.45) is 47.3 Å². The summed E-state index contributed by atoms with van der Waals surface area (Å²) in [5.74, 6) is 9.77. The molecular weight excluding hydrogens is 675 g/mol. The summed E-state index contributed by atoms with van der Waals surface area (Å²) in [5.41, 5.74) is 10.4. The van der Waals surface area contributed by atoms with Gasteiger partial charge in [-0.15, -0.1) is 7.92 Å². The Bertz CT molecular complexity index is 1540. The molecule has 8 aliphatic carbocycles. The van der Waals surface area contributed by atoms with E-state index in [-0.39, 0.29) is 25.0 Å². The maximum absolute atomic E-state index is 2.67. The van der Waals surface area contributed by atoms with Crippen LogP contribution in [0.2, 0.25) is 0 Å². The normalized spacial score (nSPS) is 34.3. The average Bonchev–Trinajstić information content (AvgIpc) is 3.83. The van der Waals surface area contributed by atoms with E-state index < -0.39 is 0 Å². The molecule has 0 amide bonds. The van der Waals surface area contributed by atoms with Crippen LogP contribution in [0.15, 0.2) is 103 Å². The van der Waals surface area contributed by atoms with Crippen molar-refractivity contribution in [3.8, 4) is 0 Å². The van der Waals surface area contributed by atoms with Crippen LogP contribution in [0.4, 0.5) is 0 Å². The van der Waals surface area contributed by atoms with Crippen LogP contribution < -0.4 is 0 Å². The summed E-state index contributed by atoms with van der Waals surface area (Å²) in [6.45, 7) is 4.96. The van der Waals surface area contributed by atoms with Crippen molar-refractivity contribution in [3.05, 3.63) is 131 Å². The molecule has 8 fully saturated rings. The van der Waals surface area contributed by atoms with Gasteiger partial charge in [0.2, 0.25) is 0 Å². The Kier molecular flexibility index (Phi) is 11.2. The predicted octanol–water partition coefficient (Wildman–Crippen LogP) is 13.1. The smallest absolute Gasteiger partial charge is 0 e. The Morgan fingerprint density at radius 3 is 1.41 bits per heavy atom. The van der Waals surface area contributed by atoms with Gasteiger partial charge in [-0.05, 0) is 152 Å². The Morgan fingerprint density at radius 2 is 0.980 bits per heavy atom. The fraction of sp³-hybridized carbons (Fsp3) is 0.551. The van der Waals surface area contributed by atoms with Gasteiger partial charge < -0.3 is 30.3 Å². The first kappa shape index (κ1) is 36.1. The second-order valence-corrected chi connectivity index (χ2v) is 20.9. The van der Waals surface area contributed by atoms with E-state index in [0.717, 1.165) is 58.7 Å². The maximum Gasteiger partial charge on any atom is 0 e. The zero-order chi connectivity index (χ0) is 33.6. The summed E-state index contributed by atoms with van der Waals surface area (Å²) in [6, 6.07) is 38.0. The topological polar surface area (TPSA) is 0 Å². The van der Waals surface area contributed by atoms with Gasteiger partial charge in [0, 0.05) is 17.1 Å². The molecule has 2 heteroatoms. The SMILES string of the molecule is CC(Cc1c(CP(C2C3CC4CC(C3)CC2C4)C2C3CC4CC(C3)CC2C4)cc[c-]1CC(C)c1ccccc1)c1ccccc1.[Fe].[cH-]1[cH-][cH-][cH-][cH-]1. The van der Waals surface area contributed by atoms with Gasteiger partial charge >= 0.3 is 0 Å². The van der Waals surface area contributed by atoms with E-state index in [1.54, 1.807) is 80.9 Å². The van der Waals surface area contributed by atoms with E-state index >= 15 is 0 Å². The first-order chi connectivity index (χ1) is 24.6. The molecule has 0 N–H and O–H groups in total. The largest absolute Gasteiger partial charge is 0.748 e. The molecule has 0 radical (unpaired) electrons. The van der Waals surface area contributed by atoms with Crippen molar-refractivity contribution < 1.29 is 17.1 Å². The second-order valence-electron chi connectivity index (χ2n) is 18.4. The van der Waals surface area contributed by atoms with Crippen LogP contribution in [0.3, 0.4) is 0 Å². The summed E-state index contributed by atoms with van der Waals surface area (Å²) in [6.07, 6.45) is 19.8. The molecule has 8 aliphatic rings. The molecule has 0 spiro atoms. The summed E-state index contributed by atoms with van der Waals surface area (Å²) < 4.78 is 0. The van der Waals surface area contributed by atoms with E-state index in [1.165, 1.54) is 30.1 Å². The maximum atomic E-state index is 2.67. The summed E-state index contributed by atoms with van der Waals surface area (Å²) in [5, 5.41) is 0. The minimum atomic E-state index is 0. The summed E-state index contributed by atoms with van der Waals surface area (Å²) >= 11 is 0. The van der Waals surface area contributed by atoms with Crippen LogP contribution in [0.1, 0.15) is 118 Å². The number of hydrogen-bond acceptors (Lipinski definition) is 0. The zero-order valence-corrected chi connectivity index (χ0v) is 33.2. The molecule has 2 atom stereocenters. The number of hydrogen-bond donors (Lipinski definition) is 0. The first-order valence-electron chi connectivity index (χ1n) is 20.8. The van der Waals surface area contributed by atoms with Gasteiger partial charge in [0.1, 0.15) is 0 Å². The number of benzene rings is 2. The van der Waals surface area contributed by atoms with E-state index in [2.05, 4.69) is 86.6 Å². The van der Waals surface area contributed by atoms with E-state index in [4.69, 9.17) is 0 Å². The Morgan fingerprint density at radius 1 is 0.569 bits per heavy atom. The standard InChI is InChI=1S/C44H56P.C5H5.Fe/c1-28(34-9-5-3-6-10-34)15-36-13-14-37(42(36)16-29(2)35-11-7-4-8-12-35)27-45(43-38-19-30-17-31(21-38)22-39(43)20-30)44-40-23-32-18-33(25-40)26-41(44)24-32;1-2-4-5-3-1;/h3-14,28-33,38-41,43-44H,15-27H2,1-2H3;1-5H;/q-1;-5;. The molecule has 0 nitrogen and oxygen atoms in total. The average molecular weight is 737 g/mol. The van der Waals surface area contributed by atoms with Crippen LogP contribution in [-0.4, -0.2) is 11.3 Å². The Labute approximate surface area is 322 Å². The van der Waals surface area contributed by atoms with Gasteiger partial charge in [0.05, 0.1) is 0 Å². The third kappa shape index (κ3) is 7.58. The van der Waals surface area contributed by atoms with Crippen LogP contribution >= 0.6 is 7.92 Å². The van der Waals surface area contributed by atoms with E-state index in [9.17, 15) is 0 Å². The fourth-order valence-corrected chi connectivity index (χ4v) is 18.1. The van der Waals surface area contributed by atoms with Crippen LogP contribution in [0, 0.1) is 47.3 Å². The van der Waals surface area contributed by atoms with Crippen molar-refractivity contribution in [2.75, 3.05) is 0 Å². The number of rotatable bonds is 10. The monoisotopic (exact) mass is 736 g/mol. The molecule has 0 saturated heterocycles. The molecule has 8 saturated carbocycles. The molecule has 0 aliphatic heterocycles. The van der Waals surface area contributed by atoms with E-state index in [1.807, 2.05) is 30.3 Å². The molecule has 4 aromatic rings. The molecule has 2 unspecified atom stereocenters. The first-order valence-corrected chi connectivity index (χ1v) is 22.5. The molecule has 4 aromatic carbocycles. The molecule has 12 rings (SSSR count). The van der Waals surface area contributed by atoms with Gasteiger partial charge in [-0.2, -0.15) is 22.8 Å². The molecule has 0 aromatic heterocycles. The molecule has 276 valence electrons. The van der Waals surface area contributed by atoms with E-state index in [0.29, 0.717) is 11.8 Å². The molecule has 51 heavy (non-hydrogen) atoms. The van der Waals surface area contributed by atoms with Crippen LogP contribution in [0.5, 0.6) is 0 Å². The van der Waals surface area contributed by atoms with Crippen molar-refractivity contribution >= 4 is 7.92 Å². The predicted molar refractivity (Wildman–Crippen MR) is 213 cm³/mol. The minimum Gasteiger partial charge on any atom is -0.748 e. The fourth-order valence-electron chi connectivity index (χ4n) is 13.4. The zero-order valence-electron chi connectivity index (χ0n) is 31.2. The van der Waals surface area contributed by atoms with Crippen LogP contribution in [-0.2, 0) is 36.1 Å². The Hall–Kier alpha value is -1.91. The van der Waals surface area contributed by atoms with Crippen molar-refractivity contribution in [1.29, 1.82) is 0 Å². The summed E-state index contributed by atoms with van der Waals surface area (Å²) in [7, 11) is 0.0170. The molecule has 8 bridgehead atoms. The van der Waals surface area contributed by atoms with Gasteiger partial charge in [-0.3, -0.25) is 0 Å². The van der Waals surface area contributed by atoms with Gasteiger partial charge in [0.25, 0.3) is 0 Å². The third-order valence-electron chi connectivity index (χ3n) is 15.1. The quantitative estimate of drug-likeness (QED) is 0.0864. The van der Waals surface area contributed by atoms with Gasteiger partial charge in [-0.1, -0.05) is 87.1 Å². The van der Waals surface area contributed by atoms with Gasteiger partial charge in [-0.25, -0.2) is 6.07 Å². The summed E-state index contributed by atoms with van der Waals surface area (Å²) in [4.78, 5) is 0. The third-order valence-corrected chi connectivity index (χ3v) is 19.0. The minimum absolute atomic E-state index is 0. The molecule has 0 heterocycles. The Balaban J connectivity index is 0.000000576. The second kappa shape index (κ2) is 15.8. The van der Waals surface area contributed by atoms with Crippen molar-refractivity contribution in [3.63, 3.8) is 0 Å². The van der Waals surface area contributed by atoms with Crippen molar-refractivity contribution in [2.45, 2.75) is 120 Å². The van der Waals surface area contributed by atoms with Crippen LogP contribution in [0.25, 0.3) is 0 Å². The van der Waals surface area contributed by atoms with Crippen molar-refractivity contribution in [1.82, 2.24) is 0 Å². The van der Waals surface area contributed by atoms with Gasteiger partial charge in [0.15, 0.2) is 0 Å².